The van der Waals surface area contributed by atoms with Gasteiger partial charge >= 0.3 is 18.0 Å². The summed E-state index contributed by atoms with van der Waals surface area (Å²) in [5.74, 6) is -1.28. The van der Waals surface area contributed by atoms with Crippen molar-refractivity contribution in [1.29, 1.82) is 0 Å². The van der Waals surface area contributed by atoms with Crippen LogP contribution >= 0.6 is 0 Å². The molecule has 0 spiro atoms. The van der Waals surface area contributed by atoms with Gasteiger partial charge < -0.3 is 15.4 Å². The number of rotatable bonds is 5. The SMILES string of the molecule is CCOc1ccc(C)cc1C(C)NC(=O)C(=O)Nc1ccc(C(F)(F)F)cc1. The lowest BCUT2D eigenvalue weighted by Crippen LogP contribution is -2.37. The van der Waals surface area contributed by atoms with Gasteiger partial charge in [0.15, 0.2) is 0 Å². The van der Waals surface area contributed by atoms with E-state index in [2.05, 4.69) is 10.6 Å². The van der Waals surface area contributed by atoms with E-state index >= 15 is 0 Å². The zero-order valence-electron chi connectivity index (χ0n) is 15.7. The summed E-state index contributed by atoms with van der Waals surface area (Å²) in [5, 5.41) is 4.85. The Morgan fingerprint density at radius 2 is 1.71 bits per heavy atom. The number of nitrogens with one attached hydrogen (secondary N) is 2. The Bertz CT molecular complexity index is 849. The maximum absolute atomic E-state index is 12.6. The van der Waals surface area contributed by atoms with E-state index in [1.807, 2.05) is 26.0 Å². The topological polar surface area (TPSA) is 67.4 Å². The lowest BCUT2D eigenvalue weighted by atomic mass is 10.0. The Hall–Kier alpha value is -3.03. The Morgan fingerprint density at radius 1 is 1.07 bits per heavy atom. The second kappa shape index (κ2) is 8.77. The highest BCUT2D eigenvalue weighted by Gasteiger charge is 2.30. The second-order valence-corrected chi connectivity index (χ2v) is 6.20. The summed E-state index contributed by atoms with van der Waals surface area (Å²) in [5.41, 5.74) is 0.934. The number of benzene rings is 2. The molecule has 0 saturated heterocycles. The van der Waals surface area contributed by atoms with Crippen molar-refractivity contribution in [2.75, 3.05) is 11.9 Å². The number of alkyl halides is 3. The number of carbonyl (C=O) groups excluding carboxylic acids is 2. The Labute approximate surface area is 160 Å². The van der Waals surface area contributed by atoms with Crippen LogP contribution in [-0.2, 0) is 15.8 Å². The van der Waals surface area contributed by atoms with Crippen molar-refractivity contribution in [3.8, 4) is 5.75 Å². The third kappa shape index (κ3) is 5.48. The molecule has 0 aliphatic heterocycles. The molecule has 2 aromatic carbocycles. The number of amides is 2. The third-order valence-electron chi connectivity index (χ3n) is 3.96. The van der Waals surface area contributed by atoms with E-state index in [4.69, 9.17) is 4.74 Å². The molecule has 2 rings (SSSR count). The minimum absolute atomic E-state index is 0.0892. The summed E-state index contributed by atoms with van der Waals surface area (Å²) in [4.78, 5) is 24.2. The summed E-state index contributed by atoms with van der Waals surface area (Å²) < 4.78 is 43.3. The van der Waals surface area contributed by atoms with Gasteiger partial charge in [-0.1, -0.05) is 17.7 Å². The molecule has 0 aliphatic carbocycles. The van der Waals surface area contributed by atoms with Crippen molar-refractivity contribution in [2.45, 2.75) is 33.0 Å². The van der Waals surface area contributed by atoms with E-state index in [0.717, 1.165) is 35.4 Å². The Kier molecular flexibility index (Phi) is 6.66. The van der Waals surface area contributed by atoms with Gasteiger partial charge in [0.1, 0.15) is 5.75 Å². The van der Waals surface area contributed by atoms with Gasteiger partial charge in [-0.05, 0) is 51.1 Å². The van der Waals surface area contributed by atoms with Crippen LogP contribution in [-0.4, -0.2) is 18.4 Å². The van der Waals surface area contributed by atoms with Crippen molar-refractivity contribution < 1.29 is 27.5 Å². The lowest BCUT2D eigenvalue weighted by molar-refractivity contribution is -0.137. The molecule has 0 aromatic heterocycles. The maximum atomic E-state index is 12.6. The monoisotopic (exact) mass is 394 g/mol. The van der Waals surface area contributed by atoms with Crippen LogP contribution in [0.2, 0.25) is 0 Å². The summed E-state index contributed by atoms with van der Waals surface area (Å²) in [7, 11) is 0. The fourth-order valence-corrected chi connectivity index (χ4v) is 2.56. The fraction of sp³-hybridized carbons (Fsp3) is 0.300. The van der Waals surface area contributed by atoms with Gasteiger partial charge in [-0.15, -0.1) is 0 Å². The number of halogens is 3. The van der Waals surface area contributed by atoms with Crippen LogP contribution in [0.25, 0.3) is 0 Å². The van der Waals surface area contributed by atoms with Crippen LogP contribution in [0.15, 0.2) is 42.5 Å². The fourth-order valence-electron chi connectivity index (χ4n) is 2.56. The molecule has 0 radical (unpaired) electrons. The zero-order chi connectivity index (χ0) is 20.9. The van der Waals surface area contributed by atoms with E-state index in [9.17, 15) is 22.8 Å². The predicted molar refractivity (Wildman–Crippen MR) is 99.0 cm³/mol. The van der Waals surface area contributed by atoms with Gasteiger partial charge in [-0.2, -0.15) is 13.2 Å². The highest BCUT2D eigenvalue weighted by molar-refractivity contribution is 6.39. The summed E-state index contributed by atoms with van der Waals surface area (Å²) in [6.07, 6.45) is -4.47. The van der Waals surface area contributed by atoms with Crippen molar-refractivity contribution in [3.05, 3.63) is 59.2 Å². The number of hydrogen-bond acceptors (Lipinski definition) is 3. The molecule has 5 nitrogen and oxygen atoms in total. The maximum Gasteiger partial charge on any atom is 0.416 e. The number of ether oxygens (including phenoxy) is 1. The van der Waals surface area contributed by atoms with Crippen LogP contribution in [0.1, 0.15) is 36.6 Å². The first kappa shape index (κ1) is 21.3. The number of hydrogen-bond donors (Lipinski definition) is 2. The van der Waals surface area contributed by atoms with Crippen LogP contribution in [0.4, 0.5) is 18.9 Å². The normalized spacial score (nSPS) is 12.2. The molecule has 8 heteroatoms. The van der Waals surface area contributed by atoms with E-state index in [-0.39, 0.29) is 5.69 Å². The molecule has 0 fully saturated rings. The van der Waals surface area contributed by atoms with Gasteiger partial charge in [0, 0.05) is 11.3 Å². The first-order valence-electron chi connectivity index (χ1n) is 8.64. The molecule has 150 valence electrons. The molecule has 0 heterocycles. The van der Waals surface area contributed by atoms with E-state index in [1.165, 1.54) is 0 Å². The summed E-state index contributed by atoms with van der Waals surface area (Å²) in [6.45, 7) is 5.89. The Morgan fingerprint density at radius 3 is 2.29 bits per heavy atom. The molecule has 0 aliphatic rings. The van der Waals surface area contributed by atoms with Gasteiger partial charge in [0.05, 0.1) is 18.2 Å². The van der Waals surface area contributed by atoms with Crippen LogP contribution in [0, 0.1) is 6.92 Å². The van der Waals surface area contributed by atoms with Crippen molar-refractivity contribution in [1.82, 2.24) is 5.32 Å². The van der Waals surface area contributed by atoms with Gasteiger partial charge in [-0.25, -0.2) is 0 Å². The first-order chi connectivity index (χ1) is 13.1. The van der Waals surface area contributed by atoms with Crippen molar-refractivity contribution >= 4 is 17.5 Å². The molecule has 28 heavy (non-hydrogen) atoms. The molecule has 0 saturated carbocycles. The molecular formula is C20H21F3N2O3. The molecular weight excluding hydrogens is 373 g/mol. The van der Waals surface area contributed by atoms with E-state index < -0.39 is 29.6 Å². The zero-order valence-corrected chi connectivity index (χ0v) is 15.7. The van der Waals surface area contributed by atoms with Gasteiger partial charge in [-0.3, -0.25) is 9.59 Å². The smallest absolute Gasteiger partial charge is 0.416 e. The second-order valence-electron chi connectivity index (χ2n) is 6.20. The quantitative estimate of drug-likeness (QED) is 0.746. The average Bonchev–Trinajstić information content (AvgIpc) is 2.63. The van der Waals surface area contributed by atoms with Gasteiger partial charge in [0.25, 0.3) is 0 Å². The summed E-state index contributed by atoms with van der Waals surface area (Å²) in [6, 6.07) is 8.85. The van der Waals surface area contributed by atoms with Crippen molar-refractivity contribution in [2.24, 2.45) is 0 Å². The average molecular weight is 394 g/mol. The standard InChI is InChI=1S/C20H21F3N2O3/c1-4-28-17-10-5-12(2)11-16(17)13(3)24-18(26)19(27)25-15-8-6-14(7-9-15)20(21,22)23/h5-11,13H,4H2,1-3H3,(H,24,26)(H,25,27). The van der Waals surface area contributed by atoms with Crippen LogP contribution < -0.4 is 15.4 Å². The summed E-state index contributed by atoms with van der Waals surface area (Å²) >= 11 is 0. The molecule has 0 bridgehead atoms. The van der Waals surface area contributed by atoms with Crippen LogP contribution in [0.5, 0.6) is 5.75 Å². The number of anilines is 1. The lowest BCUT2D eigenvalue weighted by Gasteiger charge is -2.18. The molecule has 2 aromatic rings. The third-order valence-corrected chi connectivity index (χ3v) is 3.96. The first-order valence-corrected chi connectivity index (χ1v) is 8.64. The largest absolute Gasteiger partial charge is 0.494 e. The van der Waals surface area contributed by atoms with E-state index in [1.54, 1.807) is 13.0 Å². The predicted octanol–water partition coefficient (Wildman–Crippen LogP) is 4.23. The minimum Gasteiger partial charge on any atom is -0.494 e. The van der Waals surface area contributed by atoms with Crippen LogP contribution in [0.3, 0.4) is 0 Å². The highest BCUT2D eigenvalue weighted by atomic mass is 19.4. The van der Waals surface area contributed by atoms with E-state index in [0.29, 0.717) is 12.4 Å². The van der Waals surface area contributed by atoms with Gasteiger partial charge in [0.2, 0.25) is 0 Å². The van der Waals surface area contributed by atoms with Crippen molar-refractivity contribution in [3.63, 3.8) is 0 Å². The molecule has 1 unspecified atom stereocenters. The highest BCUT2D eigenvalue weighted by Crippen LogP contribution is 2.30. The molecule has 1 atom stereocenters. The minimum atomic E-state index is -4.47. The number of aryl methyl sites for hydroxylation is 1. The number of carbonyl (C=O) groups is 2. The molecule has 2 N–H and O–H groups in total. The Balaban J connectivity index is 2.04. The molecule has 2 amide bonds.